The second-order valence-electron chi connectivity index (χ2n) is 6.19. The molecule has 1 aromatic carbocycles. The molecule has 0 bridgehead atoms. The number of hydrogen-bond acceptors (Lipinski definition) is 1. The van der Waals surface area contributed by atoms with E-state index in [-0.39, 0.29) is 0 Å². The molecule has 0 radical (unpaired) electrons. The van der Waals surface area contributed by atoms with Crippen LogP contribution in [0.1, 0.15) is 66.7 Å². The van der Waals surface area contributed by atoms with Crippen molar-refractivity contribution in [2.24, 2.45) is 0 Å². The number of benzene rings is 1. The molecule has 2 rings (SSSR count). The fraction of sp³-hybridized carbons (Fsp3) is 0.526. The fourth-order valence-electron chi connectivity index (χ4n) is 3.25. The van der Waals surface area contributed by atoms with Crippen molar-refractivity contribution in [1.82, 2.24) is 4.57 Å². The highest BCUT2D eigenvalue weighted by atomic mass is 16.4. The van der Waals surface area contributed by atoms with E-state index in [0.717, 1.165) is 55.1 Å². The van der Waals surface area contributed by atoms with E-state index in [9.17, 15) is 9.90 Å². The molecule has 0 aliphatic heterocycles. The number of rotatable bonds is 7. The van der Waals surface area contributed by atoms with Gasteiger partial charge in [-0.1, -0.05) is 26.7 Å². The molecule has 0 unspecified atom stereocenters. The molecular formula is C19H27NO2. The van der Waals surface area contributed by atoms with Crippen LogP contribution in [-0.4, -0.2) is 15.6 Å². The fourth-order valence-corrected chi connectivity index (χ4v) is 3.25. The molecule has 1 heterocycles. The van der Waals surface area contributed by atoms with Gasteiger partial charge in [-0.25, -0.2) is 4.79 Å². The molecule has 0 saturated heterocycles. The summed E-state index contributed by atoms with van der Waals surface area (Å²) in [7, 11) is 0. The Morgan fingerprint density at radius 3 is 2.41 bits per heavy atom. The van der Waals surface area contributed by atoms with E-state index in [1.807, 2.05) is 6.92 Å². The van der Waals surface area contributed by atoms with Crippen molar-refractivity contribution in [3.8, 4) is 0 Å². The van der Waals surface area contributed by atoms with Gasteiger partial charge >= 0.3 is 5.97 Å². The summed E-state index contributed by atoms with van der Waals surface area (Å²) >= 11 is 0. The van der Waals surface area contributed by atoms with Gasteiger partial charge in [0.2, 0.25) is 0 Å². The first-order valence-corrected chi connectivity index (χ1v) is 8.36. The summed E-state index contributed by atoms with van der Waals surface area (Å²) in [6, 6.07) is 3.96. The number of hydrogen-bond donors (Lipinski definition) is 1. The normalized spacial score (nSPS) is 11.3. The Hall–Kier alpha value is -1.77. The highest BCUT2D eigenvalue weighted by molar-refractivity contribution is 6.04. The van der Waals surface area contributed by atoms with Crippen LogP contribution in [0.2, 0.25) is 0 Å². The monoisotopic (exact) mass is 301 g/mol. The summed E-state index contributed by atoms with van der Waals surface area (Å²) in [6.45, 7) is 9.38. The molecule has 0 aliphatic rings. The first kappa shape index (κ1) is 16.6. The predicted octanol–water partition coefficient (Wildman–Crippen LogP) is 5.10. The average molecular weight is 301 g/mol. The summed E-state index contributed by atoms with van der Waals surface area (Å²) in [5, 5.41) is 10.8. The zero-order valence-corrected chi connectivity index (χ0v) is 14.2. The number of carbonyl (C=O) groups is 1. The maximum Gasteiger partial charge on any atom is 0.337 e. The third kappa shape index (κ3) is 3.03. The van der Waals surface area contributed by atoms with Crippen molar-refractivity contribution in [2.45, 2.75) is 66.3 Å². The van der Waals surface area contributed by atoms with E-state index in [1.54, 1.807) is 6.07 Å². The second kappa shape index (κ2) is 6.99. The Balaban J connectivity index is 2.73. The zero-order valence-electron chi connectivity index (χ0n) is 14.2. The maximum absolute atomic E-state index is 11.7. The molecule has 0 amide bonds. The number of unbranched alkanes of at least 4 members (excludes halogenated alkanes) is 2. The third-order valence-electron chi connectivity index (χ3n) is 4.44. The van der Waals surface area contributed by atoms with Crippen LogP contribution in [0.25, 0.3) is 10.9 Å². The number of carboxylic acids is 1. The number of aryl methyl sites for hydroxylation is 3. The third-order valence-corrected chi connectivity index (χ3v) is 4.44. The van der Waals surface area contributed by atoms with Crippen molar-refractivity contribution >= 4 is 16.9 Å². The lowest BCUT2D eigenvalue weighted by atomic mass is 10.0. The summed E-state index contributed by atoms with van der Waals surface area (Å²) < 4.78 is 2.23. The van der Waals surface area contributed by atoms with Gasteiger partial charge in [0.1, 0.15) is 0 Å². The Morgan fingerprint density at radius 2 is 1.82 bits per heavy atom. The minimum atomic E-state index is -0.828. The molecule has 2 aromatic rings. The number of nitrogens with zero attached hydrogens (tertiary/aromatic N) is 1. The Labute approximate surface area is 133 Å². The molecule has 3 heteroatoms. The van der Waals surface area contributed by atoms with Crippen LogP contribution < -0.4 is 0 Å². The minimum Gasteiger partial charge on any atom is -0.478 e. The van der Waals surface area contributed by atoms with Gasteiger partial charge in [-0.2, -0.15) is 0 Å². The number of carboxylic acid groups (broad SMARTS) is 1. The molecule has 0 saturated carbocycles. The van der Waals surface area contributed by atoms with Gasteiger partial charge in [-0.3, -0.25) is 0 Å². The lowest BCUT2D eigenvalue weighted by molar-refractivity contribution is 0.0698. The topological polar surface area (TPSA) is 42.2 Å². The van der Waals surface area contributed by atoms with Crippen LogP contribution in [0, 0.1) is 13.8 Å². The van der Waals surface area contributed by atoms with E-state index < -0.39 is 5.97 Å². The van der Waals surface area contributed by atoms with E-state index in [1.165, 1.54) is 11.3 Å². The minimum absolute atomic E-state index is 0.442. The predicted molar refractivity (Wildman–Crippen MR) is 91.9 cm³/mol. The summed E-state index contributed by atoms with van der Waals surface area (Å²) in [6.07, 6.45) is 5.51. The van der Waals surface area contributed by atoms with Crippen molar-refractivity contribution in [3.05, 3.63) is 34.5 Å². The van der Waals surface area contributed by atoms with E-state index >= 15 is 0 Å². The molecule has 0 atom stereocenters. The average Bonchev–Trinajstić information content (AvgIpc) is 2.73. The summed E-state index contributed by atoms with van der Waals surface area (Å²) in [5.74, 6) is -0.828. The smallest absolute Gasteiger partial charge is 0.337 e. The van der Waals surface area contributed by atoms with Crippen molar-refractivity contribution < 1.29 is 9.90 Å². The maximum atomic E-state index is 11.7. The summed E-state index contributed by atoms with van der Waals surface area (Å²) in [4.78, 5) is 11.7. The van der Waals surface area contributed by atoms with Gasteiger partial charge in [0.15, 0.2) is 0 Å². The Kier molecular flexibility index (Phi) is 5.28. The largest absolute Gasteiger partial charge is 0.478 e. The van der Waals surface area contributed by atoms with E-state index in [4.69, 9.17) is 0 Å². The van der Waals surface area contributed by atoms with Crippen LogP contribution in [0.3, 0.4) is 0 Å². The highest BCUT2D eigenvalue weighted by Crippen LogP contribution is 2.31. The quantitative estimate of drug-likeness (QED) is 0.773. The molecule has 1 aromatic heterocycles. The molecule has 0 fully saturated rings. The molecule has 0 spiro atoms. The lowest BCUT2D eigenvalue weighted by Gasteiger charge is -2.10. The zero-order chi connectivity index (χ0) is 16.3. The van der Waals surface area contributed by atoms with Gasteiger partial charge in [0.05, 0.1) is 11.1 Å². The molecule has 3 nitrogen and oxygen atoms in total. The van der Waals surface area contributed by atoms with Gasteiger partial charge < -0.3 is 9.67 Å². The number of aromatic nitrogens is 1. The van der Waals surface area contributed by atoms with E-state index in [0.29, 0.717) is 5.56 Å². The molecule has 22 heavy (non-hydrogen) atoms. The van der Waals surface area contributed by atoms with Crippen LogP contribution in [0.5, 0.6) is 0 Å². The molecule has 120 valence electrons. The van der Waals surface area contributed by atoms with Crippen LogP contribution in [0.4, 0.5) is 0 Å². The van der Waals surface area contributed by atoms with Crippen LogP contribution in [0.15, 0.2) is 12.1 Å². The van der Waals surface area contributed by atoms with Gasteiger partial charge in [0, 0.05) is 17.6 Å². The van der Waals surface area contributed by atoms with Gasteiger partial charge in [-0.05, 0) is 56.4 Å². The van der Waals surface area contributed by atoms with Crippen LogP contribution >= 0.6 is 0 Å². The highest BCUT2D eigenvalue weighted by Gasteiger charge is 2.20. The second-order valence-corrected chi connectivity index (χ2v) is 6.19. The number of aromatic carboxylic acids is 1. The van der Waals surface area contributed by atoms with Crippen molar-refractivity contribution in [2.75, 3.05) is 0 Å². The molecular weight excluding hydrogens is 274 g/mol. The molecule has 1 N–H and O–H groups in total. The Morgan fingerprint density at radius 1 is 1.14 bits per heavy atom. The van der Waals surface area contributed by atoms with E-state index in [2.05, 4.69) is 31.4 Å². The molecule has 0 aliphatic carbocycles. The first-order chi connectivity index (χ1) is 10.5. The van der Waals surface area contributed by atoms with Gasteiger partial charge in [-0.15, -0.1) is 0 Å². The SMILES string of the molecule is CCCCc1c(C)n(CCCC)c2c(C(=O)O)cc(C)cc12. The lowest BCUT2D eigenvalue weighted by Crippen LogP contribution is -2.05. The number of fused-ring (bicyclic) bond motifs is 1. The van der Waals surface area contributed by atoms with Crippen molar-refractivity contribution in [1.29, 1.82) is 0 Å². The Bertz CT molecular complexity index is 683. The van der Waals surface area contributed by atoms with Crippen LogP contribution in [-0.2, 0) is 13.0 Å². The first-order valence-electron chi connectivity index (χ1n) is 8.36. The van der Waals surface area contributed by atoms with Crippen molar-refractivity contribution in [3.63, 3.8) is 0 Å². The summed E-state index contributed by atoms with van der Waals surface area (Å²) in [5.41, 5.74) is 4.95. The van der Waals surface area contributed by atoms with Gasteiger partial charge in [0.25, 0.3) is 0 Å². The standard InChI is InChI=1S/C19H27NO2/c1-5-7-9-15-14(4)20(10-8-6-2)18-16(15)11-13(3)12-17(18)19(21)22/h11-12H,5-10H2,1-4H3,(H,21,22).